The van der Waals surface area contributed by atoms with Crippen molar-refractivity contribution in [1.29, 1.82) is 0 Å². The van der Waals surface area contributed by atoms with Crippen molar-refractivity contribution >= 4 is 11.9 Å². The number of hydrogen-bond acceptors (Lipinski definition) is 4. The van der Waals surface area contributed by atoms with Crippen LogP contribution in [0.25, 0.3) is 0 Å². The summed E-state index contributed by atoms with van der Waals surface area (Å²) >= 11 is 0. The van der Waals surface area contributed by atoms with Gasteiger partial charge >= 0.3 is 5.97 Å². The van der Waals surface area contributed by atoms with E-state index in [1.165, 1.54) is 0 Å². The molecule has 6 heteroatoms. The molecule has 1 aromatic carbocycles. The lowest BCUT2D eigenvalue weighted by atomic mass is 9.81. The van der Waals surface area contributed by atoms with Gasteiger partial charge in [-0.2, -0.15) is 0 Å². The lowest BCUT2D eigenvalue weighted by molar-refractivity contribution is -0.145. The van der Waals surface area contributed by atoms with Crippen LogP contribution in [0, 0.1) is 11.8 Å². The van der Waals surface area contributed by atoms with Crippen molar-refractivity contribution in [2.75, 3.05) is 21.3 Å². The molecule has 0 aromatic heterocycles. The molecule has 1 amide bonds. The van der Waals surface area contributed by atoms with Crippen LogP contribution in [0.1, 0.15) is 31.2 Å². The Morgan fingerprint density at radius 3 is 2.54 bits per heavy atom. The molecule has 1 aromatic rings. The fourth-order valence-electron chi connectivity index (χ4n) is 3.27. The normalized spacial score (nSPS) is 20.3. The predicted octanol–water partition coefficient (Wildman–Crippen LogP) is 2.55. The molecule has 1 N–H and O–H groups in total. The molecule has 0 heterocycles. The van der Waals surface area contributed by atoms with Crippen LogP contribution in [0.5, 0.6) is 11.5 Å². The largest absolute Gasteiger partial charge is 0.497 e. The summed E-state index contributed by atoms with van der Waals surface area (Å²) in [6.45, 7) is 0.417. The number of benzene rings is 1. The van der Waals surface area contributed by atoms with E-state index >= 15 is 0 Å². The zero-order valence-electron chi connectivity index (χ0n) is 14.4. The highest BCUT2D eigenvalue weighted by atomic mass is 16.5. The minimum Gasteiger partial charge on any atom is -0.497 e. The monoisotopic (exact) mass is 335 g/mol. The molecule has 1 aliphatic carbocycles. The maximum Gasteiger partial charge on any atom is 0.306 e. The van der Waals surface area contributed by atoms with Gasteiger partial charge in [0, 0.05) is 31.1 Å². The van der Waals surface area contributed by atoms with Crippen LogP contribution in [0.3, 0.4) is 0 Å². The molecule has 2 rings (SSSR count). The second kappa shape index (κ2) is 8.04. The molecule has 1 fully saturated rings. The van der Waals surface area contributed by atoms with Gasteiger partial charge in [-0.05, 0) is 31.4 Å². The van der Waals surface area contributed by atoms with Crippen molar-refractivity contribution in [1.82, 2.24) is 4.90 Å². The maximum absolute atomic E-state index is 12.7. The Morgan fingerprint density at radius 2 is 1.92 bits per heavy atom. The summed E-state index contributed by atoms with van der Waals surface area (Å²) in [5.74, 6) is -0.0567. The molecule has 132 valence electrons. The number of ether oxygens (including phenoxy) is 2. The van der Waals surface area contributed by atoms with Gasteiger partial charge in [0.05, 0.1) is 20.1 Å². The molecule has 1 saturated carbocycles. The van der Waals surface area contributed by atoms with Crippen LogP contribution in [0.15, 0.2) is 18.2 Å². The molecule has 1 aliphatic rings. The van der Waals surface area contributed by atoms with E-state index in [1.807, 2.05) is 12.1 Å². The third-order valence-corrected chi connectivity index (χ3v) is 4.65. The Balaban J connectivity index is 2.05. The fourth-order valence-corrected chi connectivity index (χ4v) is 3.27. The van der Waals surface area contributed by atoms with Crippen LogP contribution >= 0.6 is 0 Å². The molecule has 2 atom stereocenters. The second-order valence-electron chi connectivity index (χ2n) is 6.27. The van der Waals surface area contributed by atoms with Crippen molar-refractivity contribution in [2.24, 2.45) is 11.8 Å². The SMILES string of the molecule is COc1ccc(CN(C)C(=O)C2CCCC(C(=O)O)C2)c(OC)c1. The number of carboxylic acid groups (broad SMARTS) is 1. The summed E-state index contributed by atoms with van der Waals surface area (Å²) in [4.78, 5) is 25.5. The highest BCUT2D eigenvalue weighted by Crippen LogP contribution is 2.31. The van der Waals surface area contributed by atoms with Gasteiger partial charge in [0.2, 0.25) is 5.91 Å². The highest BCUT2D eigenvalue weighted by Gasteiger charge is 2.32. The second-order valence-corrected chi connectivity index (χ2v) is 6.27. The summed E-state index contributed by atoms with van der Waals surface area (Å²) in [7, 11) is 4.92. The molecule has 2 unspecified atom stereocenters. The molecule has 0 saturated heterocycles. The molecule has 24 heavy (non-hydrogen) atoms. The average molecular weight is 335 g/mol. The number of hydrogen-bond donors (Lipinski definition) is 1. The van der Waals surface area contributed by atoms with Crippen LogP contribution in [0.4, 0.5) is 0 Å². The van der Waals surface area contributed by atoms with Gasteiger partial charge in [-0.15, -0.1) is 0 Å². The Labute approximate surface area is 142 Å². The number of rotatable bonds is 6. The first-order valence-electron chi connectivity index (χ1n) is 8.15. The third-order valence-electron chi connectivity index (χ3n) is 4.65. The minimum atomic E-state index is -0.799. The van der Waals surface area contributed by atoms with E-state index in [0.29, 0.717) is 30.9 Å². The lowest BCUT2D eigenvalue weighted by Crippen LogP contribution is -2.36. The lowest BCUT2D eigenvalue weighted by Gasteiger charge is -2.29. The maximum atomic E-state index is 12.7. The summed E-state index contributed by atoms with van der Waals surface area (Å²) in [6, 6.07) is 5.49. The summed E-state index contributed by atoms with van der Waals surface area (Å²) in [5, 5.41) is 9.18. The first-order valence-corrected chi connectivity index (χ1v) is 8.15. The molecule has 0 bridgehead atoms. The van der Waals surface area contributed by atoms with Gasteiger partial charge in [0.25, 0.3) is 0 Å². The number of amides is 1. The third kappa shape index (κ3) is 4.19. The Morgan fingerprint density at radius 1 is 1.21 bits per heavy atom. The number of aliphatic carboxylic acids is 1. The van der Waals surface area contributed by atoms with E-state index in [9.17, 15) is 14.7 Å². The number of carbonyl (C=O) groups excluding carboxylic acids is 1. The van der Waals surface area contributed by atoms with Crippen LogP contribution in [-0.4, -0.2) is 43.2 Å². The standard InChI is InChI=1S/C18H25NO5/c1-19(11-14-7-8-15(23-2)10-16(14)24-3)17(20)12-5-4-6-13(9-12)18(21)22/h7-8,10,12-13H,4-6,9,11H2,1-3H3,(H,21,22). The van der Waals surface area contributed by atoms with Gasteiger partial charge in [-0.25, -0.2) is 0 Å². The van der Waals surface area contributed by atoms with Gasteiger partial charge in [0.1, 0.15) is 11.5 Å². The number of carbonyl (C=O) groups is 2. The van der Waals surface area contributed by atoms with E-state index in [-0.39, 0.29) is 11.8 Å². The molecule has 6 nitrogen and oxygen atoms in total. The smallest absolute Gasteiger partial charge is 0.306 e. The zero-order valence-corrected chi connectivity index (χ0v) is 14.4. The van der Waals surface area contributed by atoms with Crippen molar-refractivity contribution in [3.8, 4) is 11.5 Å². The van der Waals surface area contributed by atoms with E-state index in [0.717, 1.165) is 18.4 Å². The fraction of sp³-hybridized carbons (Fsp3) is 0.556. The van der Waals surface area contributed by atoms with E-state index in [2.05, 4.69) is 0 Å². The highest BCUT2D eigenvalue weighted by molar-refractivity contribution is 5.80. The first-order chi connectivity index (χ1) is 11.5. The van der Waals surface area contributed by atoms with E-state index in [1.54, 1.807) is 32.2 Å². The molecule has 0 spiro atoms. The molecule has 0 radical (unpaired) electrons. The summed E-state index contributed by atoms with van der Waals surface area (Å²) in [5.41, 5.74) is 0.889. The van der Waals surface area contributed by atoms with E-state index in [4.69, 9.17) is 9.47 Å². The predicted molar refractivity (Wildman–Crippen MR) is 89.1 cm³/mol. The van der Waals surface area contributed by atoms with Gasteiger partial charge < -0.3 is 19.5 Å². The topological polar surface area (TPSA) is 76.1 Å². The van der Waals surface area contributed by atoms with Gasteiger partial charge in [-0.1, -0.05) is 6.42 Å². The molecular weight excluding hydrogens is 310 g/mol. The summed E-state index contributed by atoms with van der Waals surface area (Å²) in [6.07, 6.45) is 2.63. The van der Waals surface area contributed by atoms with Crippen molar-refractivity contribution < 1.29 is 24.2 Å². The zero-order chi connectivity index (χ0) is 17.7. The van der Waals surface area contributed by atoms with E-state index < -0.39 is 11.9 Å². The Hall–Kier alpha value is -2.24. The van der Waals surface area contributed by atoms with Crippen molar-refractivity contribution in [3.05, 3.63) is 23.8 Å². The average Bonchev–Trinajstić information content (AvgIpc) is 2.61. The quantitative estimate of drug-likeness (QED) is 0.864. The first kappa shape index (κ1) is 18.1. The molecular formula is C18H25NO5. The van der Waals surface area contributed by atoms with Crippen molar-refractivity contribution in [3.63, 3.8) is 0 Å². The molecule has 0 aliphatic heterocycles. The van der Waals surface area contributed by atoms with Gasteiger partial charge in [0.15, 0.2) is 0 Å². The van der Waals surface area contributed by atoms with Crippen molar-refractivity contribution in [2.45, 2.75) is 32.2 Å². The van der Waals surface area contributed by atoms with Gasteiger partial charge in [-0.3, -0.25) is 9.59 Å². The van der Waals surface area contributed by atoms with Crippen LogP contribution < -0.4 is 9.47 Å². The number of carboxylic acids is 1. The number of nitrogens with zero attached hydrogens (tertiary/aromatic N) is 1. The number of methoxy groups -OCH3 is 2. The van der Waals surface area contributed by atoms with Crippen LogP contribution in [-0.2, 0) is 16.1 Å². The minimum absolute atomic E-state index is 0.00109. The Bertz CT molecular complexity index is 601. The van der Waals surface area contributed by atoms with Crippen LogP contribution in [0.2, 0.25) is 0 Å². The Kier molecular flexibility index (Phi) is 6.06. The summed E-state index contributed by atoms with van der Waals surface area (Å²) < 4.78 is 10.5.